The molecule has 0 radical (unpaired) electrons. The number of sulfonamides is 1. The van der Waals surface area contributed by atoms with E-state index >= 15 is 0 Å². The fourth-order valence-corrected chi connectivity index (χ4v) is 5.48. The van der Waals surface area contributed by atoms with Crippen molar-refractivity contribution in [3.63, 3.8) is 0 Å². The predicted molar refractivity (Wildman–Crippen MR) is 125 cm³/mol. The molecule has 0 atom stereocenters. The highest BCUT2D eigenvalue weighted by Gasteiger charge is 2.29. The molecule has 0 unspecified atom stereocenters. The molecule has 3 rings (SSSR count). The van der Waals surface area contributed by atoms with Crippen LogP contribution in [0.5, 0.6) is 5.75 Å². The molecule has 1 N–H and O–H groups in total. The SMILES string of the molecule is COc1ccc(NC(=O)COC(=O)CCc2ccccc2Cl)cc1S(=O)(=O)N1CCCCC1. The van der Waals surface area contributed by atoms with E-state index in [0.717, 1.165) is 24.8 Å². The van der Waals surface area contributed by atoms with Gasteiger partial charge in [-0.1, -0.05) is 36.2 Å². The summed E-state index contributed by atoms with van der Waals surface area (Å²) in [5.74, 6) is -0.912. The van der Waals surface area contributed by atoms with Gasteiger partial charge in [0.25, 0.3) is 5.91 Å². The van der Waals surface area contributed by atoms with Crippen molar-refractivity contribution < 1.29 is 27.5 Å². The van der Waals surface area contributed by atoms with Gasteiger partial charge in [0.2, 0.25) is 10.0 Å². The second-order valence-electron chi connectivity index (χ2n) is 7.63. The highest BCUT2D eigenvalue weighted by molar-refractivity contribution is 7.89. The summed E-state index contributed by atoms with van der Waals surface area (Å²) in [5, 5.41) is 3.14. The molecule has 1 heterocycles. The molecule has 33 heavy (non-hydrogen) atoms. The van der Waals surface area contributed by atoms with Crippen molar-refractivity contribution in [1.82, 2.24) is 4.31 Å². The Morgan fingerprint density at radius 3 is 2.52 bits per heavy atom. The summed E-state index contributed by atoms with van der Waals surface area (Å²) in [5.41, 5.74) is 1.09. The molecule has 178 valence electrons. The first-order chi connectivity index (χ1) is 15.8. The van der Waals surface area contributed by atoms with Gasteiger partial charge >= 0.3 is 5.97 Å². The number of esters is 1. The third-order valence-corrected chi connectivity index (χ3v) is 7.59. The number of hydrogen-bond donors (Lipinski definition) is 1. The van der Waals surface area contributed by atoms with E-state index in [1.165, 1.54) is 29.6 Å². The van der Waals surface area contributed by atoms with Crippen LogP contribution in [0.25, 0.3) is 0 Å². The molecule has 0 spiro atoms. The van der Waals surface area contributed by atoms with Gasteiger partial charge in [-0.3, -0.25) is 9.59 Å². The van der Waals surface area contributed by atoms with Crippen LogP contribution in [0.4, 0.5) is 5.69 Å². The number of anilines is 1. The first-order valence-electron chi connectivity index (χ1n) is 10.7. The number of amides is 1. The Bertz CT molecular complexity index is 1100. The van der Waals surface area contributed by atoms with E-state index in [-0.39, 0.29) is 22.8 Å². The average Bonchev–Trinajstić information content (AvgIpc) is 2.82. The average molecular weight is 495 g/mol. The highest BCUT2D eigenvalue weighted by Crippen LogP contribution is 2.31. The van der Waals surface area contributed by atoms with E-state index in [1.807, 2.05) is 12.1 Å². The monoisotopic (exact) mass is 494 g/mol. The maximum atomic E-state index is 13.1. The van der Waals surface area contributed by atoms with Crippen LogP contribution in [0.1, 0.15) is 31.2 Å². The van der Waals surface area contributed by atoms with Crippen molar-refractivity contribution in [1.29, 1.82) is 0 Å². The molecule has 2 aromatic rings. The number of halogens is 1. The zero-order valence-electron chi connectivity index (χ0n) is 18.4. The largest absolute Gasteiger partial charge is 0.495 e. The quantitative estimate of drug-likeness (QED) is 0.534. The fourth-order valence-electron chi connectivity index (χ4n) is 3.55. The number of piperidine rings is 1. The Balaban J connectivity index is 1.58. The summed E-state index contributed by atoms with van der Waals surface area (Å²) in [6, 6.07) is 11.6. The van der Waals surface area contributed by atoms with E-state index in [9.17, 15) is 18.0 Å². The lowest BCUT2D eigenvalue weighted by Crippen LogP contribution is -2.35. The second-order valence-corrected chi connectivity index (χ2v) is 9.94. The molecule has 10 heteroatoms. The highest BCUT2D eigenvalue weighted by atomic mass is 35.5. The minimum absolute atomic E-state index is 0.0126. The third-order valence-electron chi connectivity index (χ3n) is 5.30. The number of aryl methyl sites for hydroxylation is 1. The summed E-state index contributed by atoms with van der Waals surface area (Å²) < 4.78 is 37.9. The zero-order valence-corrected chi connectivity index (χ0v) is 20.0. The number of methoxy groups -OCH3 is 1. The van der Waals surface area contributed by atoms with Gasteiger partial charge in [-0.15, -0.1) is 0 Å². The summed E-state index contributed by atoms with van der Waals surface area (Å²) in [7, 11) is -2.37. The van der Waals surface area contributed by atoms with Crippen LogP contribution in [0.3, 0.4) is 0 Å². The molecule has 0 bridgehead atoms. The lowest BCUT2D eigenvalue weighted by Gasteiger charge is -2.26. The Labute approximate surface area is 198 Å². The molecule has 1 aliphatic heterocycles. The smallest absolute Gasteiger partial charge is 0.306 e. The minimum Gasteiger partial charge on any atom is -0.495 e. The molecule has 1 aliphatic rings. The van der Waals surface area contributed by atoms with E-state index in [0.29, 0.717) is 24.5 Å². The lowest BCUT2D eigenvalue weighted by molar-refractivity contribution is -0.147. The van der Waals surface area contributed by atoms with Crippen molar-refractivity contribution >= 4 is 39.2 Å². The minimum atomic E-state index is -3.77. The Morgan fingerprint density at radius 1 is 1.09 bits per heavy atom. The Morgan fingerprint density at radius 2 is 1.82 bits per heavy atom. The lowest BCUT2D eigenvalue weighted by atomic mass is 10.1. The number of ether oxygens (including phenoxy) is 2. The van der Waals surface area contributed by atoms with Gasteiger partial charge in [0, 0.05) is 30.2 Å². The summed E-state index contributed by atoms with van der Waals surface area (Å²) >= 11 is 6.07. The van der Waals surface area contributed by atoms with Gasteiger partial charge in [0.05, 0.1) is 7.11 Å². The van der Waals surface area contributed by atoms with Crippen molar-refractivity contribution in [2.24, 2.45) is 0 Å². The molecule has 1 amide bonds. The van der Waals surface area contributed by atoms with E-state index < -0.39 is 28.5 Å². The maximum absolute atomic E-state index is 13.1. The Hall–Kier alpha value is -2.62. The third kappa shape index (κ3) is 6.69. The predicted octanol–water partition coefficient (Wildman–Crippen LogP) is 3.64. The van der Waals surface area contributed by atoms with E-state index in [2.05, 4.69) is 5.32 Å². The Kier molecular flexibility index (Phi) is 8.71. The number of nitrogens with zero attached hydrogens (tertiary/aromatic N) is 1. The number of hydrogen-bond acceptors (Lipinski definition) is 6. The standard InChI is InChI=1S/C23H27ClN2O6S/c1-31-20-11-10-18(15-21(20)33(29,30)26-13-5-2-6-14-26)25-22(27)16-32-23(28)12-9-17-7-3-4-8-19(17)24/h3-4,7-8,10-11,15H,2,5-6,9,12-14,16H2,1H3,(H,25,27). The van der Waals surface area contributed by atoms with Crippen molar-refractivity contribution in [2.45, 2.75) is 37.0 Å². The topological polar surface area (TPSA) is 102 Å². The van der Waals surface area contributed by atoms with Gasteiger partial charge in [0.1, 0.15) is 10.6 Å². The van der Waals surface area contributed by atoms with Gasteiger partial charge in [-0.2, -0.15) is 4.31 Å². The van der Waals surface area contributed by atoms with E-state index in [4.69, 9.17) is 21.1 Å². The van der Waals surface area contributed by atoms with Gasteiger partial charge in [0.15, 0.2) is 6.61 Å². The van der Waals surface area contributed by atoms with Crippen LogP contribution in [0, 0.1) is 0 Å². The number of carbonyl (C=O) groups is 2. The fraction of sp³-hybridized carbons (Fsp3) is 0.391. The van der Waals surface area contributed by atoms with Crippen LogP contribution in [0.2, 0.25) is 5.02 Å². The summed E-state index contributed by atoms with van der Waals surface area (Å²) in [6.45, 7) is 0.417. The molecule has 8 nitrogen and oxygen atoms in total. The molecular weight excluding hydrogens is 468 g/mol. The number of nitrogens with one attached hydrogen (secondary N) is 1. The van der Waals surface area contributed by atoms with Crippen molar-refractivity contribution in [2.75, 3.05) is 32.1 Å². The van der Waals surface area contributed by atoms with Crippen LogP contribution in [0.15, 0.2) is 47.4 Å². The summed E-state index contributed by atoms with van der Waals surface area (Å²) in [6.07, 6.45) is 3.09. The number of rotatable bonds is 9. The molecule has 2 aromatic carbocycles. The van der Waals surface area contributed by atoms with Crippen LogP contribution >= 0.6 is 11.6 Å². The molecule has 0 saturated carbocycles. The first-order valence-corrected chi connectivity index (χ1v) is 12.5. The molecular formula is C23H27ClN2O6S. The maximum Gasteiger partial charge on any atom is 0.306 e. The van der Waals surface area contributed by atoms with Crippen molar-refractivity contribution in [3.8, 4) is 5.75 Å². The van der Waals surface area contributed by atoms with Gasteiger partial charge in [-0.05, 0) is 49.1 Å². The van der Waals surface area contributed by atoms with Gasteiger partial charge < -0.3 is 14.8 Å². The summed E-state index contributed by atoms with van der Waals surface area (Å²) in [4.78, 5) is 24.2. The molecule has 1 saturated heterocycles. The molecule has 1 fully saturated rings. The van der Waals surface area contributed by atoms with Crippen LogP contribution < -0.4 is 10.1 Å². The number of benzene rings is 2. The van der Waals surface area contributed by atoms with E-state index in [1.54, 1.807) is 12.1 Å². The normalized spacial score (nSPS) is 14.5. The van der Waals surface area contributed by atoms with Gasteiger partial charge in [-0.25, -0.2) is 8.42 Å². The number of carbonyl (C=O) groups excluding carboxylic acids is 2. The van der Waals surface area contributed by atoms with Crippen molar-refractivity contribution in [3.05, 3.63) is 53.1 Å². The molecule has 0 aliphatic carbocycles. The van der Waals surface area contributed by atoms with Crippen LogP contribution in [-0.4, -0.2) is 51.4 Å². The molecule has 0 aromatic heterocycles. The first kappa shape index (κ1) is 25.0. The van der Waals surface area contributed by atoms with Crippen LogP contribution in [-0.2, 0) is 30.8 Å². The zero-order chi connectivity index (χ0) is 23.8. The second kappa shape index (κ2) is 11.5.